The summed E-state index contributed by atoms with van der Waals surface area (Å²) in [7, 11) is 6.61. The second-order valence-corrected chi connectivity index (χ2v) is 7.94. The third-order valence-corrected chi connectivity index (χ3v) is 5.01. The van der Waals surface area contributed by atoms with Crippen molar-refractivity contribution in [3.05, 3.63) is 34.4 Å². The van der Waals surface area contributed by atoms with Gasteiger partial charge in [0.05, 0.1) is 40.6 Å². The number of benzene rings is 2. The summed E-state index contributed by atoms with van der Waals surface area (Å²) in [6, 6.07) is 3.83. The molecule has 0 amide bonds. The lowest BCUT2D eigenvalue weighted by atomic mass is 9.96. The highest BCUT2D eigenvalue weighted by atomic mass is 16.5. The van der Waals surface area contributed by atoms with E-state index in [0.29, 0.717) is 29.4 Å². The molecule has 0 N–H and O–H groups in total. The van der Waals surface area contributed by atoms with E-state index >= 15 is 0 Å². The smallest absolute Gasteiger partial charge is 0.132 e. The molecule has 172 valence electrons. The molecular formula is C25H36O6. The summed E-state index contributed by atoms with van der Waals surface area (Å²) in [4.78, 5) is 0. The van der Waals surface area contributed by atoms with Gasteiger partial charge in [0.25, 0.3) is 0 Å². The van der Waals surface area contributed by atoms with E-state index in [1.165, 1.54) is 0 Å². The first-order valence-electron chi connectivity index (χ1n) is 10.5. The fourth-order valence-corrected chi connectivity index (χ4v) is 3.74. The lowest BCUT2D eigenvalue weighted by Crippen LogP contribution is -2.12. The van der Waals surface area contributed by atoms with Crippen molar-refractivity contribution in [1.29, 1.82) is 0 Å². The van der Waals surface area contributed by atoms with Crippen LogP contribution in [-0.4, -0.2) is 40.6 Å². The first-order valence-corrected chi connectivity index (χ1v) is 10.5. The number of hydrogen-bond donors (Lipinski definition) is 0. The Morgan fingerprint density at radius 3 is 1.19 bits per heavy atom. The Bertz CT molecular complexity index is 828. The van der Waals surface area contributed by atoms with Gasteiger partial charge in [-0.25, -0.2) is 0 Å². The van der Waals surface area contributed by atoms with E-state index in [-0.39, 0.29) is 12.2 Å². The number of rotatable bonds is 10. The first kappa shape index (κ1) is 24.5. The quantitative estimate of drug-likeness (QED) is 0.494. The van der Waals surface area contributed by atoms with Crippen LogP contribution in [0, 0.1) is 13.8 Å². The molecule has 0 saturated heterocycles. The van der Waals surface area contributed by atoms with Crippen LogP contribution < -0.4 is 28.4 Å². The van der Waals surface area contributed by atoms with Crippen molar-refractivity contribution in [3.63, 3.8) is 0 Å². The number of ether oxygens (including phenoxy) is 6. The second-order valence-electron chi connectivity index (χ2n) is 7.94. The van der Waals surface area contributed by atoms with Gasteiger partial charge in [0, 0.05) is 40.8 Å². The molecule has 2 aromatic rings. The van der Waals surface area contributed by atoms with Crippen LogP contribution in [0.1, 0.15) is 49.9 Å². The monoisotopic (exact) mass is 432 g/mol. The molecule has 0 fully saturated rings. The van der Waals surface area contributed by atoms with Crippen molar-refractivity contribution < 1.29 is 28.4 Å². The predicted molar refractivity (Wildman–Crippen MR) is 123 cm³/mol. The maximum atomic E-state index is 6.16. The molecule has 2 rings (SSSR count). The van der Waals surface area contributed by atoms with Crippen molar-refractivity contribution in [1.82, 2.24) is 0 Å². The Morgan fingerprint density at radius 1 is 0.581 bits per heavy atom. The summed E-state index contributed by atoms with van der Waals surface area (Å²) in [5.74, 6) is 4.29. The molecule has 0 atom stereocenters. The van der Waals surface area contributed by atoms with Crippen LogP contribution in [0.3, 0.4) is 0 Å². The van der Waals surface area contributed by atoms with Crippen molar-refractivity contribution >= 4 is 0 Å². The normalized spacial score (nSPS) is 11.0. The molecule has 0 spiro atoms. The zero-order chi connectivity index (χ0) is 23.3. The molecule has 0 aliphatic heterocycles. The summed E-state index contributed by atoms with van der Waals surface area (Å²) in [5, 5.41) is 0. The third-order valence-electron chi connectivity index (χ3n) is 5.01. The van der Waals surface area contributed by atoms with Gasteiger partial charge in [-0.1, -0.05) is 0 Å². The fraction of sp³-hybridized carbons (Fsp3) is 0.520. The molecule has 0 heterocycles. The summed E-state index contributed by atoms with van der Waals surface area (Å²) >= 11 is 0. The molecule has 0 aromatic heterocycles. The fourth-order valence-electron chi connectivity index (χ4n) is 3.74. The summed E-state index contributed by atoms with van der Waals surface area (Å²) in [6.07, 6.45) is 0.468. The molecule has 0 radical (unpaired) electrons. The van der Waals surface area contributed by atoms with Gasteiger partial charge in [0.1, 0.15) is 34.5 Å². The van der Waals surface area contributed by atoms with Gasteiger partial charge in [-0.2, -0.15) is 0 Å². The second kappa shape index (κ2) is 10.5. The first-order chi connectivity index (χ1) is 14.7. The topological polar surface area (TPSA) is 55.4 Å². The van der Waals surface area contributed by atoms with E-state index in [0.717, 1.165) is 33.8 Å². The zero-order valence-electron chi connectivity index (χ0n) is 20.5. The van der Waals surface area contributed by atoms with Gasteiger partial charge in [-0.15, -0.1) is 0 Å². The largest absolute Gasteiger partial charge is 0.496 e. The van der Waals surface area contributed by atoms with E-state index in [4.69, 9.17) is 28.4 Å². The van der Waals surface area contributed by atoms with E-state index in [1.807, 2.05) is 53.7 Å². The Hall–Kier alpha value is -2.76. The minimum Gasteiger partial charge on any atom is -0.496 e. The van der Waals surface area contributed by atoms with Crippen LogP contribution in [0.4, 0.5) is 0 Å². The van der Waals surface area contributed by atoms with Crippen molar-refractivity contribution in [2.24, 2.45) is 0 Å². The zero-order valence-corrected chi connectivity index (χ0v) is 20.5. The van der Waals surface area contributed by atoms with Crippen LogP contribution in [0.2, 0.25) is 0 Å². The van der Waals surface area contributed by atoms with Crippen LogP contribution in [-0.2, 0) is 6.42 Å². The van der Waals surface area contributed by atoms with Crippen LogP contribution in [0.5, 0.6) is 34.5 Å². The van der Waals surface area contributed by atoms with Crippen LogP contribution in [0.15, 0.2) is 12.1 Å². The number of methoxy groups -OCH3 is 4. The summed E-state index contributed by atoms with van der Waals surface area (Å²) in [6.45, 7) is 11.9. The highest BCUT2D eigenvalue weighted by molar-refractivity contribution is 5.63. The maximum absolute atomic E-state index is 6.16. The lowest BCUT2D eigenvalue weighted by Gasteiger charge is -2.24. The molecule has 0 bridgehead atoms. The molecule has 0 saturated carbocycles. The van der Waals surface area contributed by atoms with Gasteiger partial charge in [0.2, 0.25) is 0 Å². The van der Waals surface area contributed by atoms with E-state index in [2.05, 4.69) is 0 Å². The van der Waals surface area contributed by atoms with E-state index in [9.17, 15) is 0 Å². The molecule has 6 heteroatoms. The van der Waals surface area contributed by atoms with Crippen LogP contribution >= 0.6 is 0 Å². The Kier molecular flexibility index (Phi) is 8.31. The SMILES string of the molecule is COc1cc(OC(C)C)c(Cc2c(OC(C)C)cc(OC)c(C)c2OC)c(OC)c1C. The molecule has 0 aliphatic rings. The average molecular weight is 433 g/mol. The Labute approximate surface area is 186 Å². The maximum Gasteiger partial charge on any atom is 0.132 e. The van der Waals surface area contributed by atoms with E-state index in [1.54, 1.807) is 28.4 Å². The van der Waals surface area contributed by atoms with Crippen molar-refractivity contribution in [3.8, 4) is 34.5 Å². The van der Waals surface area contributed by atoms with E-state index < -0.39 is 0 Å². The Morgan fingerprint density at radius 2 is 0.935 bits per heavy atom. The van der Waals surface area contributed by atoms with Gasteiger partial charge in [-0.05, 0) is 41.5 Å². The minimum absolute atomic E-state index is 0.0123. The molecule has 6 nitrogen and oxygen atoms in total. The van der Waals surface area contributed by atoms with Crippen LogP contribution in [0.25, 0.3) is 0 Å². The van der Waals surface area contributed by atoms with Gasteiger partial charge < -0.3 is 28.4 Å². The average Bonchev–Trinajstić information content (AvgIpc) is 2.71. The number of hydrogen-bond acceptors (Lipinski definition) is 6. The highest BCUT2D eigenvalue weighted by Gasteiger charge is 2.25. The lowest BCUT2D eigenvalue weighted by molar-refractivity contribution is 0.234. The molecule has 31 heavy (non-hydrogen) atoms. The highest BCUT2D eigenvalue weighted by Crippen LogP contribution is 2.45. The Balaban J connectivity index is 2.79. The van der Waals surface area contributed by atoms with Gasteiger partial charge >= 0.3 is 0 Å². The molecule has 0 unspecified atom stereocenters. The summed E-state index contributed by atoms with van der Waals surface area (Å²) in [5.41, 5.74) is 3.63. The van der Waals surface area contributed by atoms with Crippen molar-refractivity contribution in [2.75, 3.05) is 28.4 Å². The van der Waals surface area contributed by atoms with Crippen molar-refractivity contribution in [2.45, 2.75) is 60.2 Å². The third kappa shape index (κ3) is 5.30. The molecular weight excluding hydrogens is 396 g/mol. The van der Waals surface area contributed by atoms with Gasteiger partial charge in [-0.3, -0.25) is 0 Å². The predicted octanol–water partition coefficient (Wildman–Crippen LogP) is 5.50. The summed E-state index contributed by atoms with van der Waals surface area (Å²) < 4.78 is 35.1. The van der Waals surface area contributed by atoms with Gasteiger partial charge in [0.15, 0.2) is 0 Å². The molecule has 0 aliphatic carbocycles. The standard InChI is InChI=1S/C25H36O6/c1-14(2)30-22-12-20(26-7)16(5)24(28-9)18(22)11-19-23(31-15(3)4)13-21(27-8)17(6)25(19)29-10/h12-15H,11H2,1-10H3. The molecule has 2 aromatic carbocycles. The minimum atomic E-state index is -0.0123.